The molecule has 0 spiro atoms. The summed E-state index contributed by atoms with van der Waals surface area (Å²) >= 11 is 0. The van der Waals surface area contributed by atoms with Gasteiger partial charge in [-0.15, -0.1) is 0 Å². The number of hydrogen-bond donors (Lipinski definition) is 1. The summed E-state index contributed by atoms with van der Waals surface area (Å²) in [4.78, 5) is 14.8. The lowest BCUT2D eigenvalue weighted by Crippen LogP contribution is -2.59. The number of esters is 1. The van der Waals surface area contributed by atoms with Crippen molar-refractivity contribution in [2.45, 2.75) is 64.5 Å². The number of likely N-dealkylation sites (tertiary alicyclic amines) is 1. The molecule has 1 N–H and O–H groups in total. The molecule has 2 fully saturated rings. The van der Waals surface area contributed by atoms with E-state index in [4.69, 9.17) is 4.74 Å². The van der Waals surface area contributed by atoms with Gasteiger partial charge in [0, 0.05) is 19.1 Å². The van der Waals surface area contributed by atoms with Crippen LogP contribution >= 0.6 is 0 Å². The maximum atomic E-state index is 12.3. The van der Waals surface area contributed by atoms with Crippen molar-refractivity contribution in [3.8, 4) is 0 Å². The lowest BCUT2D eigenvalue weighted by molar-refractivity contribution is -0.151. The number of hydrogen-bond acceptors (Lipinski definition) is 4. The van der Waals surface area contributed by atoms with Crippen molar-refractivity contribution in [1.29, 1.82) is 0 Å². The molecular weight excluding hydrogens is 252 g/mol. The van der Waals surface area contributed by atoms with E-state index in [1.54, 1.807) is 0 Å². The van der Waals surface area contributed by atoms with Crippen molar-refractivity contribution in [2.24, 2.45) is 5.92 Å². The van der Waals surface area contributed by atoms with Crippen molar-refractivity contribution in [3.05, 3.63) is 0 Å². The summed E-state index contributed by atoms with van der Waals surface area (Å²) in [5.41, 5.74) is -0.549. The van der Waals surface area contributed by atoms with Gasteiger partial charge in [-0.2, -0.15) is 0 Å². The maximum absolute atomic E-state index is 12.3. The van der Waals surface area contributed by atoms with E-state index in [0.717, 1.165) is 25.6 Å². The highest BCUT2D eigenvalue weighted by atomic mass is 16.5. The fourth-order valence-electron chi connectivity index (χ4n) is 3.21. The quantitative estimate of drug-likeness (QED) is 0.727. The largest absolute Gasteiger partial charge is 0.465 e. The van der Waals surface area contributed by atoms with Crippen molar-refractivity contribution in [3.63, 3.8) is 0 Å². The number of piperidine rings is 1. The topological polar surface area (TPSA) is 41.6 Å². The zero-order valence-corrected chi connectivity index (χ0v) is 13.3. The summed E-state index contributed by atoms with van der Waals surface area (Å²) in [6.07, 6.45) is 6.20. The van der Waals surface area contributed by atoms with Crippen molar-refractivity contribution < 1.29 is 9.53 Å². The molecule has 2 aliphatic rings. The highest BCUT2D eigenvalue weighted by molar-refractivity contribution is 5.80. The second kappa shape index (κ2) is 6.90. The van der Waals surface area contributed by atoms with E-state index in [2.05, 4.69) is 17.1 Å². The molecule has 20 heavy (non-hydrogen) atoms. The van der Waals surface area contributed by atoms with Gasteiger partial charge in [-0.1, -0.05) is 13.3 Å². The van der Waals surface area contributed by atoms with Gasteiger partial charge in [0.05, 0.1) is 6.61 Å². The molecule has 2 rings (SSSR count). The smallest absolute Gasteiger partial charge is 0.327 e. The van der Waals surface area contributed by atoms with Crippen LogP contribution in [0.2, 0.25) is 0 Å². The van der Waals surface area contributed by atoms with Gasteiger partial charge in [-0.3, -0.25) is 10.1 Å². The first-order valence-electron chi connectivity index (χ1n) is 8.24. The van der Waals surface area contributed by atoms with E-state index in [1.807, 2.05) is 13.8 Å². The van der Waals surface area contributed by atoms with Gasteiger partial charge in [0.15, 0.2) is 0 Å². The van der Waals surface area contributed by atoms with Crippen LogP contribution < -0.4 is 5.32 Å². The molecule has 0 amide bonds. The molecule has 0 bridgehead atoms. The summed E-state index contributed by atoms with van der Waals surface area (Å²) in [6.45, 7) is 9.62. The Hall–Kier alpha value is -0.610. The van der Waals surface area contributed by atoms with Crippen LogP contribution in [0.25, 0.3) is 0 Å². The Morgan fingerprint density at radius 3 is 2.70 bits per heavy atom. The van der Waals surface area contributed by atoms with Gasteiger partial charge in [0.1, 0.15) is 5.54 Å². The first-order chi connectivity index (χ1) is 9.57. The fraction of sp³-hybridized carbons (Fsp3) is 0.938. The maximum Gasteiger partial charge on any atom is 0.327 e. The van der Waals surface area contributed by atoms with Crippen LogP contribution in [0, 0.1) is 5.92 Å². The molecule has 4 heteroatoms. The second-order valence-electron chi connectivity index (χ2n) is 6.62. The minimum atomic E-state index is -0.549. The minimum absolute atomic E-state index is 0.0921. The Morgan fingerprint density at radius 2 is 2.10 bits per heavy atom. The van der Waals surface area contributed by atoms with E-state index >= 15 is 0 Å². The van der Waals surface area contributed by atoms with Crippen molar-refractivity contribution in [2.75, 3.05) is 26.2 Å². The van der Waals surface area contributed by atoms with Gasteiger partial charge in [-0.05, 0) is 52.0 Å². The standard InChI is InChI=1S/C16H30N2O2/c1-4-13-7-6-10-18(11-13)12-16(3,15(19)20-5-2)17-14-8-9-14/h13-14,17H,4-12H2,1-3H3. The van der Waals surface area contributed by atoms with Crippen LogP contribution in [0.15, 0.2) is 0 Å². The third-order valence-corrected chi connectivity index (χ3v) is 4.55. The first kappa shape index (κ1) is 15.8. The predicted molar refractivity (Wildman–Crippen MR) is 80.7 cm³/mol. The van der Waals surface area contributed by atoms with E-state index in [-0.39, 0.29) is 5.97 Å². The minimum Gasteiger partial charge on any atom is -0.465 e. The van der Waals surface area contributed by atoms with E-state index < -0.39 is 5.54 Å². The SMILES string of the molecule is CCOC(=O)C(C)(CN1CCCC(CC)C1)NC1CC1. The number of ether oxygens (including phenoxy) is 1. The van der Waals surface area contributed by atoms with Gasteiger partial charge in [0.25, 0.3) is 0 Å². The summed E-state index contributed by atoms with van der Waals surface area (Å²) in [5.74, 6) is 0.696. The third kappa shape index (κ3) is 4.19. The summed E-state index contributed by atoms with van der Waals surface area (Å²) < 4.78 is 5.30. The molecule has 4 nitrogen and oxygen atoms in total. The number of carbonyl (C=O) groups is 1. The van der Waals surface area contributed by atoms with Crippen LogP contribution in [0.5, 0.6) is 0 Å². The van der Waals surface area contributed by atoms with Gasteiger partial charge >= 0.3 is 5.97 Å². The molecule has 1 aliphatic carbocycles. The Balaban J connectivity index is 1.96. The average molecular weight is 282 g/mol. The normalized spacial score (nSPS) is 27.1. The number of nitrogens with one attached hydrogen (secondary N) is 1. The van der Waals surface area contributed by atoms with Gasteiger partial charge in [-0.25, -0.2) is 0 Å². The molecule has 1 heterocycles. The molecule has 2 atom stereocenters. The van der Waals surface area contributed by atoms with Gasteiger partial charge in [0.2, 0.25) is 0 Å². The third-order valence-electron chi connectivity index (χ3n) is 4.55. The van der Waals surface area contributed by atoms with Crippen LogP contribution in [-0.4, -0.2) is 48.7 Å². The molecule has 2 unspecified atom stereocenters. The number of carbonyl (C=O) groups excluding carboxylic acids is 1. The van der Waals surface area contributed by atoms with E-state index in [1.165, 1.54) is 32.1 Å². The zero-order chi connectivity index (χ0) is 14.6. The number of nitrogens with zero attached hydrogens (tertiary/aromatic N) is 1. The monoisotopic (exact) mass is 282 g/mol. The molecule has 0 aromatic heterocycles. The van der Waals surface area contributed by atoms with E-state index in [9.17, 15) is 4.79 Å². The Labute approximate surface area is 123 Å². The molecule has 1 saturated carbocycles. The highest BCUT2D eigenvalue weighted by Gasteiger charge is 2.41. The van der Waals surface area contributed by atoms with Gasteiger partial charge < -0.3 is 9.64 Å². The van der Waals surface area contributed by atoms with E-state index in [0.29, 0.717) is 12.6 Å². The second-order valence-corrected chi connectivity index (χ2v) is 6.62. The summed E-state index contributed by atoms with van der Waals surface area (Å²) in [6, 6.07) is 0.510. The molecule has 0 aromatic rings. The molecule has 116 valence electrons. The van der Waals surface area contributed by atoms with Crippen LogP contribution in [0.4, 0.5) is 0 Å². The molecule has 0 radical (unpaired) electrons. The fourth-order valence-corrected chi connectivity index (χ4v) is 3.21. The zero-order valence-electron chi connectivity index (χ0n) is 13.3. The molecule has 0 aromatic carbocycles. The van der Waals surface area contributed by atoms with Crippen LogP contribution in [0.3, 0.4) is 0 Å². The lowest BCUT2D eigenvalue weighted by atomic mass is 9.93. The summed E-state index contributed by atoms with van der Waals surface area (Å²) in [7, 11) is 0. The molecule has 1 aliphatic heterocycles. The van der Waals surface area contributed by atoms with Crippen LogP contribution in [-0.2, 0) is 9.53 Å². The summed E-state index contributed by atoms with van der Waals surface area (Å²) in [5, 5.41) is 3.52. The Morgan fingerprint density at radius 1 is 1.35 bits per heavy atom. The van der Waals surface area contributed by atoms with Crippen molar-refractivity contribution in [1.82, 2.24) is 10.2 Å². The van der Waals surface area contributed by atoms with Crippen LogP contribution in [0.1, 0.15) is 52.9 Å². The highest BCUT2D eigenvalue weighted by Crippen LogP contribution is 2.26. The first-order valence-corrected chi connectivity index (χ1v) is 8.24. The Kier molecular flexibility index (Phi) is 5.44. The average Bonchev–Trinajstić information content (AvgIpc) is 3.23. The molecular formula is C16H30N2O2. The predicted octanol–water partition coefficient (Wildman–Crippen LogP) is 2.18. The Bertz CT molecular complexity index is 330. The van der Waals surface area contributed by atoms with Crippen molar-refractivity contribution >= 4 is 5.97 Å². The molecule has 1 saturated heterocycles. The number of rotatable bonds is 7. The lowest BCUT2D eigenvalue weighted by Gasteiger charge is -2.38.